The van der Waals surface area contributed by atoms with Crippen molar-refractivity contribution in [3.05, 3.63) is 72.1 Å². The van der Waals surface area contributed by atoms with Crippen LogP contribution in [0.3, 0.4) is 0 Å². The van der Waals surface area contributed by atoms with E-state index < -0.39 is 0 Å². The van der Waals surface area contributed by atoms with Crippen molar-refractivity contribution in [3.8, 4) is 0 Å². The van der Waals surface area contributed by atoms with E-state index in [4.69, 9.17) is 0 Å². The number of hydrogen-bond donors (Lipinski definition) is 1. The first-order chi connectivity index (χ1) is 11.6. The first-order valence-electron chi connectivity index (χ1n) is 7.33. The highest BCUT2D eigenvalue weighted by atomic mass is 16.2. The Balaban J connectivity index is 1.75. The summed E-state index contributed by atoms with van der Waals surface area (Å²) in [5.74, 6) is -0.489. The van der Waals surface area contributed by atoms with Crippen LogP contribution in [-0.2, 0) is 11.3 Å². The van der Waals surface area contributed by atoms with Gasteiger partial charge in [-0.05, 0) is 30.7 Å². The van der Waals surface area contributed by atoms with E-state index in [2.05, 4.69) is 20.5 Å². The number of pyridine rings is 1. The smallest absolute Gasteiger partial charge is 0.244 e. The van der Waals surface area contributed by atoms with Crippen LogP contribution < -0.4 is 5.32 Å². The van der Waals surface area contributed by atoms with E-state index in [-0.39, 0.29) is 24.1 Å². The molecule has 0 saturated carbocycles. The second kappa shape index (κ2) is 6.82. The van der Waals surface area contributed by atoms with Crippen LogP contribution in [0.25, 0.3) is 0 Å². The topological polar surface area (TPSA) is 89.8 Å². The van der Waals surface area contributed by atoms with E-state index in [0.717, 1.165) is 11.3 Å². The molecule has 0 radical (unpaired) electrons. The fourth-order valence-electron chi connectivity index (χ4n) is 2.23. The number of rotatable bonds is 5. The Morgan fingerprint density at radius 1 is 1.17 bits per heavy atom. The van der Waals surface area contributed by atoms with Gasteiger partial charge in [-0.3, -0.25) is 14.6 Å². The van der Waals surface area contributed by atoms with Crippen molar-refractivity contribution < 1.29 is 9.59 Å². The Bertz CT molecular complexity index is 873. The fraction of sp³-hybridized carbons (Fsp3) is 0.118. The van der Waals surface area contributed by atoms with Gasteiger partial charge in [0.25, 0.3) is 0 Å². The number of benzene rings is 1. The van der Waals surface area contributed by atoms with Crippen LogP contribution in [0.4, 0.5) is 5.69 Å². The van der Waals surface area contributed by atoms with Gasteiger partial charge in [0.1, 0.15) is 12.9 Å². The minimum atomic E-state index is -0.329. The number of hydrogen-bond acceptors (Lipinski definition) is 5. The van der Waals surface area contributed by atoms with Crippen LogP contribution in [0.15, 0.2) is 55.1 Å². The highest BCUT2D eigenvalue weighted by Crippen LogP contribution is 2.13. The van der Waals surface area contributed by atoms with E-state index in [0.29, 0.717) is 5.56 Å². The molecule has 1 N–H and O–H groups in total. The molecular formula is C17H15N5O2. The van der Waals surface area contributed by atoms with Crippen molar-refractivity contribution in [2.24, 2.45) is 0 Å². The molecule has 0 aliphatic heterocycles. The van der Waals surface area contributed by atoms with Crippen molar-refractivity contribution in [1.82, 2.24) is 19.7 Å². The van der Waals surface area contributed by atoms with Crippen LogP contribution in [0, 0.1) is 6.92 Å². The number of amides is 1. The molecule has 1 aromatic carbocycles. The molecule has 0 aliphatic carbocycles. The Morgan fingerprint density at radius 2 is 2.00 bits per heavy atom. The molecule has 0 atom stereocenters. The van der Waals surface area contributed by atoms with Crippen LogP contribution in [0.2, 0.25) is 0 Å². The van der Waals surface area contributed by atoms with Crippen LogP contribution in [0.1, 0.15) is 21.7 Å². The highest BCUT2D eigenvalue weighted by molar-refractivity contribution is 6.06. The third kappa shape index (κ3) is 3.35. The number of ketones is 1. The molecule has 0 aliphatic rings. The number of aromatic nitrogens is 4. The molecule has 3 aromatic rings. The summed E-state index contributed by atoms with van der Waals surface area (Å²) in [6.07, 6.45) is 4.40. The minimum Gasteiger partial charge on any atom is -0.324 e. The molecule has 0 bridgehead atoms. The molecule has 7 heteroatoms. The Kier molecular flexibility index (Phi) is 4.42. The number of anilines is 1. The summed E-state index contributed by atoms with van der Waals surface area (Å²) >= 11 is 0. The molecule has 0 spiro atoms. The van der Waals surface area contributed by atoms with Crippen LogP contribution in [0.5, 0.6) is 0 Å². The van der Waals surface area contributed by atoms with Crippen molar-refractivity contribution in [2.45, 2.75) is 13.5 Å². The summed E-state index contributed by atoms with van der Waals surface area (Å²) < 4.78 is 1.42. The molecule has 1 amide bonds. The molecule has 0 saturated heterocycles. The Labute approximate surface area is 138 Å². The average Bonchev–Trinajstić information content (AvgIpc) is 3.05. The van der Waals surface area contributed by atoms with Gasteiger partial charge in [0, 0.05) is 23.6 Å². The molecule has 2 heterocycles. The summed E-state index contributed by atoms with van der Waals surface area (Å²) in [4.78, 5) is 28.6. The van der Waals surface area contributed by atoms with Gasteiger partial charge < -0.3 is 9.88 Å². The van der Waals surface area contributed by atoms with Gasteiger partial charge in [-0.15, -0.1) is 10.2 Å². The maximum absolute atomic E-state index is 12.4. The zero-order valence-corrected chi connectivity index (χ0v) is 13.0. The second-order valence-electron chi connectivity index (χ2n) is 5.22. The maximum Gasteiger partial charge on any atom is 0.244 e. The highest BCUT2D eigenvalue weighted by Gasteiger charge is 2.18. The van der Waals surface area contributed by atoms with Gasteiger partial charge in [0.15, 0.2) is 0 Å². The quantitative estimate of drug-likeness (QED) is 0.724. The van der Waals surface area contributed by atoms with E-state index in [1.165, 1.54) is 17.1 Å². The molecule has 2 aromatic heterocycles. The fourth-order valence-corrected chi connectivity index (χ4v) is 2.23. The molecule has 0 fully saturated rings. The second-order valence-corrected chi connectivity index (χ2v) is 5.22. The lowest BCUT2D eigenvalue weighted by Crippen LogP contribution is -2.22. The Hall–Kier alpha value is -3.35. The monoisotopic (exact) mass is 321 g/mol. The zero-order chi connectivity index (χ0) is 16.9. The number of carbonyl (C=O) groups excluding carboxylic acids is 2. The lowest BCUT2D eigenvalue weighted by Gasteiger charge is -2.09. The predicted molar refractivity (Wildman–Crippen MR) is 87.5 cm³/mol. The van der Waals surface area contributed by atoms with Gasteiger partial charge in [0.05, 0.1) is 0 Å². The summed E-state index contributed by atoms with van der Waals surface area (Å²) in [5.41, 5.74) is 2.09. The van der Waals surface area contributed by atoms with E-state index in [1.807, 2.05) is 31.2 Å². The number of carbonyl (C=O) groups is 2. The normalized spacial score (nSPS) is 10.4. The predicted octanol–water partition coefficient (Wildman–Crippen LogP) is 1.85. The SMILES string of the molecule is Cc1ccccc1NC(=O)Cn1cnnc1C(=O)c1cccnc1. The van der Waals surface area contributed by atoms with Crippen molar-refractivity contribution in [3.63, 3.8) is 0 Å². The maximum atomic E-state index is 12.4. The molecular weight excluding hydrogens is 306 g/mol. The minimum absolute atomic E-state index is 0.0529. The third-order valence-corrected chi connectivity index (χ3v) is 3.48. The van der Waals surface area contributed by atoms with E-state index in [1.54, 1.807) is 18.3 Å². The number of para-hydroxylation sites is 1. The molecule has 3 rings (SSSR count). The van der Waals surface area contributed by atoms with Gasteiger partial charge in [0.2, 0.25) is 17.5 Å². The summed E-state index contributed by atoms with van der Waals surface area (Å²) in [6.45, 7) is 1.86. The Morgan fingerprint density at radius 3 is 2.75 bits per heavy atom. The lowest BCUT2D eigenvalue weighted by atomic mass is 10.2. The van der Waals surface area contributed by atoms with E-state index in [9.17, 15) is 9.59 Å². The molecule has 7 nitrogen and oxygen atoms in total. The molecule has 24 heavy (non-hydrogen) atoms. The summed E-state index contributed by atoms with van der Waals surface area (Å²) in [5, 5.41) is 10.4. The van der Waals surface area contributed by atoms with E-state index >= 15 is 0 Å². The third-order valence-electron chi connectivity index (χ3n) is 3.48. The largest absolute Gasteiger partial charge is 0.324 e. The summed E-state index contributed by atoms with van der Waals surface area (Å²) in [6, 6.07) is 10.8. The first-order valence-corrected chi connectivity index (χ1v) is 7.33. The lowest BCUT2D eigenvalue weighted by molar-refractivity contribution is -0.116. The number of nitrogens with one attached hydrogen (secondary N) is 1. The van der Waals surface area contributed by atoms with Crippen LogP contribution in [-0.4, -0.2) is 31.4 Å². The van der Waals surface area contributed by atoms with Gasteiger partial charge >= 0.3 is 0 Å². The van der Waals surface area contributed by atoms with Crippen molar-refractivity contribution in [1.29, 1.82) is 0 Å². The molecule has 0 unspecified atom stereocenters. The molecule has 120 valence electrons. The average molecular weight is 321 g/mol. The van der Waals surface area contributed by atoms with Gasteiger partial charge in [-0.25, -0.2) is 0 Å². The van der Waals surface area contributed by atoms with Crippen LogP contribution >= 0.6 is 0 Å². The standard InChI is InChI=1S/C17H15N5O2/c1-12-5-2-3-7-14(12)20-15(23)10-22-11-19-21-17(22)16(24)13-6-4-8-18-9-13/h2-9,11H,10H2,1H3,(H,20,23). The van der Waals surface area contributed by atoms with Gasteiger partial charge in [-0.2, -0.15) is 0 Å². The zero-order valence-electron chi connectivity index (χ0n) is 13.0. The number of aryl methyl sites for hydroxylation is 1. The van der Waals surface area contributed by atoms with Crippen molar-refractivity contribution >= 4 is 17.4 Å². The van der Waals surface area contributed by atoms with Crippen molar-refractivity contribution in [2.75, 3.05) is 5.32 Å². The van der Waals surface area contributed by atoms with Gasteiger partial charge in [-0.1, -0.05) is 18.2 Å². The number of nitrogens with zero attached hydrogens (tertiary/aromatic N) is 4. The first kappa shape index (κ1) is 15.5. The summed E-state index contributed by atoms with van der Waals surface area (Å²) in [7, 11) is 0.